The minimum atomic E-state index is -0.661. The van der Waals surface area contributed by atoms with E-state index >= 15 is 0 Å². The van der Waals surface area contributed by atoms with Gasteiger partial charge in [0.2, 0.25) is 0 Å². The first-order chi connectivity index (χ1) is 9.24. The minimum absolute atomic E-state index is 0.126. The normalized spacial score (nSPS) is 12.1. The van der Waals surface area contributed by atoms with Crippen molar-refractivity contribution in [3.05, 3.63) is 36.8 Å². The van der Waals surface area contributed by atoms with Gasteiger partial charge < -0.3 is 15.8 Å². The maximum absolute atomic E-state index is 11.7. The molecular weight excluding hydrogens is 246 g/mol. The Labute approximate surface area is 110 Å². The van der Waals surface area contributed by atoms with Gasteiger partial charge in [0.05, 0.1) is 11.9 Å². The topological polar surface area (TPSA) is 95.1 Å². The monoisotopic (exact) mass is 261 g/mol. The number of pyridine rings is 1. The quantitative estimate of drug-likeness (QED) is 0.800. The highest BCUT2D eigenvalue weighted by Crippen LogP contribution is 2.09. The summed E-state index contributed by atoms with van der Waals surface area (Å²) in [5.41, 5.74) is 5.99. The van der Waals surface area contributed by atoms with Gasteiger partial charge in [-0.25, -0.2) is 9.67 Å². The zero-order chi connectivity index (χ0) is 13.7. The Morgan fingerprint density at radius 3 is 2.95 bits per heavy atom. The lowest BCUT2D eigenvalue weighted by Crippen LogP contribution is -2.35. The molecule has 7 nitrogen and oxygen atoms in total. The minimum Gasteiger partial charge on any atom is -0.370 e. The molecule has 0 aliphatic carbocycles. The Morgan fingerprint density at radius 1 is 1.58 bits per heavy atom. The molecule has 3 N–H and O–H groups in total. The molecule has 19 heavy (non-hydrogen) atoms. The van der Waals surface area contributed by atoms with E-state index in [1.807, 2.05) is 6.07 Å². The van der Waals surface area contributed by atoms with Crippen LogP contribution in [0.5, 0.6) is 0 Å². The predicted molar refractivity (Wildman–Crippen MR) is 69.8 cm³/mol. The maximum Gasteiger partial charge on any atom is 0.254 e. The van der Waals surface area contributed by atoms with Crippen molar-refractivity contribution < 1.29 is 9.53 Å². The molecule has 0 radical (unpaired) electrons. The van der Waals surface area contributed by atoms with Crippen molar-refractivity contribution in [2.45, 2.75) is 6.10 Å². The van der Waals surface area contributed by atoms with Crippen LogP contribution in [0.4, 0.5) is 5.69 Å². The number of ether oxygens (including phenoxy) is 1. The lowest BCUT2D eigenvalue weighted by atomic mass is 10.3. The number of nitrogens with one attached hydrogen (secondary N) is 1. The van der Waals surface area contributed by atoms with Gasteiger partial charge in [-0.2, -0.15) is 5.10 Å². The summed E-state index contributed by atoms with van der Waals surface area (Å²) in [6.45, 7) is 0.126. The number of hydrogen-bond donors (Lipinski definition) is 2. The van der Waals surface area contributed by atoms with E-state index in [2.05, 4.69) is 15.4 Å². The number of aromatic nitrogens is 3. The number of hydrogen-bond acceptors (Lipinski definition) is 5. The fraction of sp³-hybridized carbons (Fsp3) is 0.250. The zero-order valence-electron chi connectivity index (χ0n) is 10.5. The number of anilines is 1. The predicted octanol–water partition coefficient (Wildman–Crippen LogP) is 0.179. The van der Waals surface area contributed by atoms with Crippen molar-refractivity contribution in [3.8, 4) is 5.82 Å². The third-order valence-corrected chi connectivity index (χ3v) is 2.55. The van der Waals surface area contributed by atoms with Crippen LogP contribution in [0.3, 0.4) is 0 Å². The first-order valence-electron chi connectivity index (χ1n) is 5.74. The SMILES string of the molecule is COC(CN)C(=O)Nc1ccc(-n2cccn2)nc1. The molecule has 0 fully saturated rings. The molecule has 0 bridgehead atoms. The summed E-state index contributed by atoms with van der Waals surface area (Å²) in [7, 11) is 1.44. The van der Waals surface area contributed by atoms with Crippen LogP contribution in [0, 0.1) is 0 Å². The molecule has 0 aromatic carbocycles. The summed E-state index contributed by atoms with van der Waals surface area (Å²) in [4.78, 5) is 15.9. The summed E-state index contributed by atoms with van der Waals surface area (Å²) in [6.07, 6.45) is 4.35. The third kappa shape index (κ3) is 3.15. The highest BCUT2D eigenvalue weighted by atomic mass is 16.5. The van der Waals surface area contributed by atoms with E-state index in [-0.39, 0.29) is 12.5 Å². The molecule has 2 heterocycles. The molecule has 1 unspecified atom stereocenters. The zero-order valence-corrected chi connectivity index (χ0v) is 10.5. The number of nitrogens with zero attached hydrogens (tertiary/aromatic N) is 3. The lowest BCUT2D eigenvalue weighted by molar-refractivity contribution is -0.125. The van der Waals surface area contributed by atoms with Crippen LogP contribution in [0.25, 0.3) is 5.82 Å². The largest absolute Gasteiger partial charge is 0.370 e. The van der Waals surface area contributed by atoms with E-state index < -0.39 is 6.10 Å². The van der Waals surface area contributed by atoms with Crippen molar-refractivity contribution in [3.63, 3.8) is 0 Å². The summed E-state index contributed by atoms with van der Waals surface area (Å²) in [5, 5.41) is 6.74. The van der Waals surface area contributed by atoms with Gasteiger partial charge in [-0.1, -0.05) is 0 Å². The van der Waals surface area contributed by atoms with Gasteiger partial charge in [0.1, 0.15) is 6.10 Å². The lowest BCUT2D eigenvalue weighted by Gasteiger charge is -2.12. The average Bonchev–Trinajstić information content (AvgIpc) is 2.95. The summed E-state index contributed by atoms with van der Waals surface area (Å²) < 4.78 is 6.57. The van der Waals surface area contributed by atoms with Gasteiger partial charge >= 0.3 is 0 Å². The Bertz CT molecular complexity index is 520. The molecule has 7 heteroatoms. The second-order valence-corrected chi connectivity index (χ2v) is 3.81. The Kier molecular flexibility index (Phi) is 4.22. The molecule has 2 rings (SSSR count). The van der Waals surface area contributed by atoms with E-state index in [0.717, 1.165) is 0 Å². The first-order valence-corrected chi connectivity index (χ1v) is 5.74. The smallest absolute Gasteiger partial charge is 0.254 e. The Morgan fingerprint density at radius 2 is 2.42 bits per heavy atom. The number of amides is 1. The van der Waals surface area contributed by atoms with Crippen molar-refractivity contribution in [1.29, 1.82) is 0 Å². The highest BCUT2D eigenvalue weighted by Gasteiger charge is 2.15. The van der Waals surface area contributed by atoms with E-state index in [4.69, 9.17) is 10.5 Å². The number of rotatable bonds is 5. The summed E-state index contributed by atoms with van der Waals surface area (Å²) in [5.74, 6) is 0.378. The third-order valence-electron chi connectivity index (χ3n) is 2.55. The van der Waals surface area contributed by atoms with E-state index in [1.54, 1.807) is 35.4 Å². The standard InChI is InChI=1S/C12H15N5O2/c1-19-10(7-13)12(18)16-9-3-4-11(14-8-9)17-6-2-5-15-17/h2-6,8,10H,7,13H2,1H3,(H,16,18). The van der Waals surface area contributed by atoms with Crippen LogP contribution < -0.4 is 11.1 Å². The Hall–Kier alpha value is -2.25. The van der Waals surface area contributed by atoms with Crippen LogP contribution in [0.15, 0.2) is 36.8 Å². The second kappa shape index (κ2) is 6.07. The molecule has 0 saturated carbocycles. The molecule has 2 aromatic rings. The second-order valence-electron chi connectivity index (χ2n) is 3.81. The summed E-state index contributed by atoms with van der Waals surface area (Å²) in [6, 6.07) is 5.31. The van der Waals surface area contributed by atoms with Gasteiger partial charge in [0, 0.05) is 26.0 Å². The van der Waals surface area contributed by atoms with Crippen LogP contribution in [-0.2, 0) is 9.53 Å². The molecule has 100 valence electrons. The van der Waals surface area contributed by atoms with Crippen LogP contribution in [0.2, 0.25) is 0 Å². The fourth-order valence-electron chi connectivity index (χ4n) is 1.53. The molecule has 2 aromatic heterocycles. The molecule has 0 aliphatic rings. The number of carbonyl (C=O) groups is 1. The van der Waals surface area contributed by atoms with Crippen LogP contribution in [-0.4, -0.2) is 40.4 Å². The first kappa shape index (κ1) is 13.2. The molecule has 0 saturated heterocycles. The van der Waals surface area contributed by atoms with Crippen molar-refractivity contribution in [1.82, 2.24) is 14.8 Å². The van der Waals surface area contributed by atoms with Gasteiger partial charge in [0.25, 0.3) is 5.91 Å². The molecule has 0 spiro atoms. The Balaban J connectivity index is 2.05. The number of methoxy groups -OCH3 is 1. The highest BCUT2D eigenvalue weighted by molar-refractivity contribution is 5.94. The molecular formula is C12H15N5O2. The van der Waals surface area contributed by atoms with E-state index in [0.29, 0.717) is 11.5 Å². The van der Waals surface area contributed by atoms with Gasteiger partial charge in [0.15, 0.2) is 5.82 Å². The van der Waals surface area contributed by atoms with E-state index in [1.165, 1.54) is 7.11 Å². The van der Waals surface area contributed by atoms with Crippen LogP contribution in [0.1, 0.15) is 0 Å². The fourth-order valence-corrected chi connectivity index (χ4v) is 1.53. The van der Waals surface area contributed by atoms with Crippen molar-refractivity contribution in [2.24, 2.45) is 5.73 Å². The van der Waals surface area contributed by atoms with Crippen molar-refractivity contribution in [2.75, 3.05) is 19.0 Å². The summed E-state index contributed by atoms with van der Waals surface area (Å²) >= 11 is 0. The number of carbonyl (C=O) groups excluding carboxylic acids is 1. The van der Waals surface area contributed by atoms with Gasteiger partial charge in [-0.05, 0) is 18.2 Å². The van der Waals surface area contributed by atoms with E-state index in [9.17, 15) is 4.79 Å². The molecule has 0 aliphatic heterocycles. The van der Waals surface area contributed by atoms with Gasteiger partial charge in [-0.15, -0.1) is 0 Å². The molecule has 1 atom stereocenters. The number of nitrogens with two attached hydrogens (primary N) is 1. The average molecular weight is 261 g/mol. The van der Waals surface area contributed by atoms with Crippen LogP contribution >= 0.6 is 0 Å². The van der Waals surface area contributed by atoms with Crippen molar-refractivity contribution >= 4 is 11.6 Å². The molecule has 1 amide bonds. The van der Waals surface area contributed by atoms with Gasteiger partial charge in [-0.3, -0.25) is 4.79 Å². The maximum atomic E-state index is 11.7.